The molecule has 9 heteroatoms. The van der Waals surface area contributed by atoms with Gasteiger partial charge in [-0.2, -0.15) is 9.30 Å². The SMILES string of the molecule is CC1(C(=O)Nc2ccc(S(=O)(=O)N3CCCC3)cc2)CC(=O)N=C2C=CC=CN21. The fourth-order valence-electron chi connectivity index (χ4n) is 3.73. The van der Waals surface area contributed by atoms with Gasteiger partial charge in [0.15, 0.2) is 0 Å². The van der Waals surface area contributed by atoms with Gasteiger partial charge in [0.2, 0.25) is 10.0 Å². The van der Waals surface area contributed by atoms with Crippen LogP contribution in [0.5, 0.6) is 0 Å². The Balaban J connectivity index is 1.53. The van der Waals surface area contributed by atoms with Gasteiger partial charge < -0.3 is 10.2 Å². The summed E-state index contributed by atoms with van der Waals surface area (Å²) < 4.78 is 26.7. The highest BCUT2D eigenvalue weighted by Gasteiger charge is 2.45. The Bertz CT molecular complexity index is 1040. The molecule has 29 heavy (non-hydrogen) atoms. The second kappa shape index (κ2) is 7.23. The van der Waals surface area contributed by atoms with Gasteiger partial charge in [0.1, 0.15) is 11.4 Å². The van der Waals surface area contributed by atoms with Crippen molar-refractivity contribution in [3.63, 3.8) is 0 Å². The number of fused-ring (bicyclic) bond motifs is 1. The summed E-state index contributed by atoms with van der Waals surface area (Å²) in [7, 11) is -3.50. The maximum Gasteiger partial charge on any atom is 0.250 e. The molecule has 0 radical (unpaired) electrons. The second-order valence-electron chi connectivity index (χ2n) is 7.47. The molecule has 1 aromatic rings. The number of amidine groups is 1. The molecule has 2 amide bonds. The predicted octanol–water partition coefficient (Wildman–Crippen LogP) is 1.88. The maximum atomic E-state index is 13.0. The van der Waals surface area contributed by atoms with Gasteiger partial charge in [0, 0.05) is 25.0 Å². The fourth-order valence-corrected chi connectivity index (χ4v) is 5.25. The number of allylic oxidation sites excluding steroid dienone is 2. The van der Waals surface area contributed by atoms with Gasteiger partial charge >= 0.3 is 0 Å². The summed E-state index contributed by atoms with van der Waals surface area (Å²) in [6.45, 7) is 2.76. The van der Waals surface area contributed by atoms with Crippen LogP contribution in [0.1, 0.15) is 26.2 Å². The number of carbonyl (C=O) groups is 2. The molecule has 1 aromatic carbocycles. The van der Waals surface area contributed by atoms with E-state index in [2.05, 4.69) is 10.3 Å². The minimum absolute atomic E-state index is 0.0536. The third-order valence-corrected chi connectivity index (χ3v) is 7.32. The Morgan fingerprint density at radius 3 is 2.52 bits per heavy atom. The Hall–Kier alpha value is -2.78. The van der Waals surface area contributed by atoms with Gasteiger partial charge in [-0.1, -0.05) is 6.08 Å². The number of nitrogens with zero attached hydrogens (tertiary/aromatic N) is 3. The lowest BCUT2D eigenvalue weighted by Gasteiger charge is -2.41. The second-order valence-corrected chi connectivity index (χ2v) is 9.41. The van der Waals surface area contributed by atoms with E-state index >= 15 is 0 Å². The molecule has 1 N–H and O–H groups in total. The standard InChI is InChI=1S/C20H22N4O4S/c1-20(14-18(25)22-17-6-2-3-13-24(17)20)19(26)21-15-7-9-16(10-8-15)29(27,28)23-11-4-5-12-23/h2-3,6-10,13H,4-5,11-12,14H2,1H3,(H,21,26). The van der Waals surface area contributed by atoms with Crippen molar-refractivity contribution in [2.45, 2.75) is 36.6 Å². The van der Waals surface area contributed by atoms with Crippen LogP contribution in [0.2, 0.25) is 0 Å². The molecular formula is C20H22N4O4S. The molecule has 3 heterocycles. The molecule has 3 aliphatic rings. The first kappa shape index (κ1) is 19.5. The highest BCUT2D eigenvalue weighted by Crippen LogP contribution is 2.30. The molecule has 1 atom stereocenters. The van der Waals surface area contributed by atoms with E-state index in [1.165, 1.54) is 16.4 Å². The summed E-state index contributed by atoms with van der Waals surface area (Å²) >= 11 is 0. The van der Waals surface area contributed by atoms with Gasteiger partial charge in [-0.15, -0.1) is 0 Å². The lowest BCUT2D eigenvalue weighted by Crippen LogP contribution is -2.58. The molecular weight excluding hydrogens is 392 g/mol. The Labute approximate surface area is 169 Å². The first-order chi connectivity index (χ1) is 13.8. The number of hydrogen-bond acceptors (Lipinski definition) is 5. The number of anilines is 1. The van der Waals surface area contributed by atoms with Crippen molar-refractivity contribution in [2.24, 2.45) is 4.99 Å². The number of nitrogens with one attached hydrogen (secondary N) is 1. The highest BCUT2D eigenvalue weighted by atomic mass is 32.2. The zero-order chi connectivity index (χ0) is 20.6. The van der Waals surface area contributed by atoms with E-state index < -0.39 is 15.6 Å². The minimum atomic E-state index is -3.50. The first-order valence-corrected chi connectivity index (χ1v) is 10.9. The Kier molecular flexibility index (Phi) is 4.87. The maximum absolute atomic E-state index is 13.0. The van der Waals surface area contributed by atoms with Crippen molar-refractivity contribution in [1.29, 1.82) is 0 Å². The summed E-state index contributed by atoms with van der Waals surface area (Å²) in [5.74, 6) is -0.303. The number of amides is 2. The van der Waals surface area contributed by atoms with Crippen LogP contribution in [0.25, 0.3) is 0 Å². The van der Waals surface area contributed by atoms with Gasteiger partial charge in [-0.05, 0) is 56.2 Å². The van der Waals surface area contributed by atoms with E-state index in [4.69, 9.17) is 0 Å². The molecule has 0 bridgehead atoms. The average molecular weight is 414 g/mol. The number of benzene rings is 1. The molecule has 0 aromatic heterocycles. The zero-order valence-electron chi connectivity index (χ0n) is 16.0. The van der Waals surface area contributed by atoms with Crippen molar-refractivity contribution < 1.29 is 18.0 Å². The van der Waals surface area contributed by atoms with Crippen molar-refractivity contribution >= 4 is 33.4 Å². The molecule has 1 saturated heterocycles. The molecule has 8 nitrogen and oxygen atoms in total. The third kappa shape index (κ3) is 3.51. The number of rotatable bonds is 4. The predicted molar refractivity (Wildman–Crippen MR) is 109 cm³/mol. The van der Waals surface area contributed by atoms with Crippen LogP contribution in [0.15, 0.2) is 58.6 Å². The van der Waals surface area contributed by atoms with Crippen molar-refractivity contribution in [3.8, 4) is 0 Å². The van der Waals surface area contributed by atoms with Crippen LogP contribution >= 0.6 is 0 Å². The van der Waals surface area contributed by atoms with E-state index in [1.807, 2.05) is 0 Å². The fraction of sp³-hybridized carbons (Fsp3) is 0.350. The largest absolute Gasteiger partial charge is 0.324 e. The summed E-state index contributed by atoms with van der Waals surface area (Å²) in [5, 5.41) is 2.80. The van der Waals surface area contributed by atoms with Crippen LogP contribution in [0.4, 0.5) is 5.69 Å². The van der Waals surface area contributed by atoms with Crippen molar-refractivity contribution in [1.82, 2.24) is 9.21 Å². The monoisotopic (exact) mass is 414 g/mol. The first-order valence-electron chi connectivity index (χ1n) is 9.48. The molecule has 152 valence electrons. The molecule has 1 fully saturated rings. The summed E-state index contributed by atoms with van der Waals surface area (Å²) in [6.07, 6.45) is 8.62. The van der Waals surface area contributed by atoms with Crippen molar-refractivity contribution in [2.75, 3.05) is 18.4 Å². The highest BCUT2D eigenvalue weighted by molar-refractivity contribution is 7.89. The van der Waals surface area contributed by atoms with Crippen LogP contribution in [0, 0.1) is 0 Å². The molecule has 0 spiro atoms. The average Bonchev–Trinajstić information content (AvgIpc) is 3.24. The Morgan fingerprint density at radius 1 is 1.14 bits per heavy atom. The van der Waals surface area contributed by atoms with E-state index in [-0.39, 0.29) is 23.1 Å². The minimum Gasteiger partial charge on any atom is -0.324 e. The van der Waals surface area contributed by atoms with Gasteiger partial charge in [0.05, 0.1) is 11.3 Å². The van der Waals surface area contributed by atoms with Gasteiger partial charge in [-0.3, -0.25) is 9.59 Å². The normalized spacial score (nSPS) is 24.4. The number of sulfonamides is 1. The zero-order valence-corrected chi connectivity index (χ0v) is 16.9. The quantitative estimate of drug-likeness (QED) is 0.811. The summed E-state index contributed by atoms with van der Waals surface area (Å²) in [6, 6.07) is 6.12. The summed E-state index contributed by atoms with van der Waals surface area (Å²) in [4.78, 5) is 30.9. The smallest absolute Gasteiger partial charge is 0.250 e. The topological polar surface area (TPSA) is 99.2 Å². The van der Waals surface area contributed by atoms with Crippen LogP contribution in [0.3, 0.4) is 0 Å². The molecule has 0 aliphatic carbocycles. The third-order valence-electron chi connectivity index (χ3n) is 5.41. The molecule has 4 rings (SSSR count). The molecule has 0 saturated carbocycles. The molecule has 1 unspecified atom stereocenters. The lowest BCUT2D eigenvalue weighted by molar-refractivity contribution is -0.130. The van der Waals surface area contributed by atoms with E-state index in [0.29, 0.717) is 24.6 Å². The summed E-state index contributed by atoms with van der Waals surface area (Å²) in [5.41, 5.74) is -0.667. The van der Waals surface area contributed by atoms with Crippen molar-refractivity contribution in [3.05, 3.63) is 48.7 Å². The van der Waals surface area contributed by atoms with Gasteiger partial charge in [0.25, 0.3) is 11.8 Å². The van der Waals surface area contributed by atoms with E-state index in [0.717, 1.165) is 12.8 Å². The Morgan fingerprint density at radius 2 is 1.83 bits per heavy atom. The van der Waals surface area contributed by atoms with E-state index in [1.54, 1.807) is 48.4 Å². The lowest BCUT2D eigenvalue weighted by atomic mass is 9.91. The van der Waals surface area contributed by atoms with Gasteiger partial charge in [-0.25, -0.2) is 8.42 Å². The van der Waals surface area contributed by atoms with Crippen LogP contribution in [-0.4, -0.2) is 53.9 Å². The van der Waals surface area contributed by atoms with Crippen LogP contribution in [-0.2, 0) is 19.6 Å². The van der Waals surface area contributed by atoms with E-state index in [9.17, 15) is 18.0 Å². The number of carbonyl (C=O) groups excluding carboxylic acids is 2. The molecule has 3 aliphatic heterocycles. The number of aliphatic imine (C=N–C) groups is 1. The van der Waals surface area contributed by atoms with Crippen LogP contribution < -0.4 is 5.32 Å². The number of hydrogen-bond donors (Lipinski definition) is 1.